The fraction of sp³-hybridized carbons (Fsp3) is 0.179. The number of fused-ring (bicyclic) bond motifs is 1. The fourth-order valence-electron chi connectivity index (χ4n) is 4.26. The molecule has 3 aromatic carbocycles. The monoisotopic (exact) mass is 465 g/mol. The van der Waals surface area contributed by atoms with Gasteiger partial charge >= 0.3 is 0 Å². The normalized spacial score (nSPS) is 14.8. The molecule has 0 saturated heterocycles. The number of carbonyl (C=O) groups excluding carboxylic acids is 1. The third kappa shape index (κ3) is 4.53. The second-order valence-corrected chi connectivity index (χ2v) is 8.68. The van der Waals surface area contributed by atoms with E-state index >= 15 is 0 Å². The number of nitrogens with zero attached hydrogens (tertiary/aromatic N) is 3. The van der Waals surface area contributed by atoms with E-state index in [0.717, 1.165) is 28.1 Å². The van der Waals surface area contributed by atoms with Crippen LogP contribution in [0.2, 0.25) is 0 Å². The minimum atomic E-state index is -0.507. The summed E-state index contributed by atoms with van der Waals surface area (Å²) in [5, 5.41) is 10.7. The number of carbonyl (C=O) groups is 1. The lowest BCUT2D eigenvalue weighted by molar-refractivity contribution is -0.113. The Labute approximate surface area is 204 Å². The van der Waals surface area contributed by atoms with E-state index < -0.39 is 6.04 Å². The molecule has 1 aromatic heterocycles. The van der Waals surface area contributed by atoms with Gasteiger partial charge in [0.15, 0.2) is 0 Å². The van der Waals surface area contributed by atoms with Crippen molar-refractivity contribution in [2.45, 2.75) is 33.4 Å². The number of rotatable bonds is 6. The molecule has 0 spiro atoms. The van der Waals surface area contributed by atoms with Crippen molar-refractivity contribution in [2.75, 3.05) is 10.6 Å². The molecule has 35 heavy (non-hydrogen) atoms. The molecule has 7 heteroatoms. The number of aromatic nitrogens is 3. The Morgan fingerprint density at radius 3 is 2.54 bits per heavy atom. The molecule has 5 rings (SSSR count). The number of ether oxygens (including phenoxy) is 1. The Balaban J connectivity index is 1.52. The van der Waals surface area contributed by atoms with E-state index in [2.05, 4.69) is 51.9 Å². The van der Waals surface area contributed by atoms with Gasteiger partial charge in [0, 0.05) is 16.9 Å². The summed E-state index contributed by atoms with van der Waals surface area (Å²) in [7, 11) is 0. The van der Waals surface area contributed by atoms with Crippen LogP contribution >= 0.6 is 0 Å². The van der Waals surface area contributed by atoms with Gasteiger partial charge in [0.1, 0.15) is 24.7 Å². The Kier molecular flexibility index (Phi) is 6.06. The summed E-state index contributed by atoms with van der Waals surface area (Å²) in [6.45, 7) is 6.33. The molecule has 0 radical (unpaired) electrons. The van der Waals surface area contributed by atoms with Crippen LogP contribution in [0.4, 0.5) is 11.6 Å². The van der Waals surface area contributed by atoms with E-state index in [4.69, 9.17) is 4.74 Å². The number of hydrogen-bond donors (Lipinski definition) is 2. The summed E-state index contributed by atoms with van der Waals surface area (Å²) < 4.78 is 8.00. The molecule has 0 saturated carbocycles. The van der Waals surface area contributed by atoms with Gasteiger partial charge in [0.25, 0.3) is 5.91 Å². The van der Waals surface area contributed by atoms with Crippen LogP contribution in [0.3, 0.4) is 0 Å². The van der Waals surface area contributed by atoms with Crippen molar-refractivity contribution in [2.24, 2.45) is 0 Å². The number of para-hydroxylation sites is 2. The summed E-state index contributed by atoms with van der Waals surface area (Å²) in [5.41, 5.74) is 6.14. The highest BCUT2D eigenvalue weighted by Gasteiger charge is 2.35. The van der Waals surface area contributed by atoms with Gasteiger partial charge in [-0.3, -0.25) is 4.79 Å². The molecule has 7 nitrogen and oxygen atoms in total. The zero-order valence-corrected chi connectivity index (χ0v) is 19.9. The minimum absolute atomic E-state index is 0.205. The summed E-state index contributed by atoms with van der Waals surface area (Å²) in [4.78, 5) is 18.0. The first kappa shape index (κ1) is 22.4. The third-order valence-corrected chi connectivity index (χ3v) is 6.16. The minimum Gasteiger partial charge on any atom is -0.489 e. The largest absolute Gasteiger partial charge is 0.489 e. The van der Waals surface area contributed by atoms with Crippen molar-refractivity contribution in [1.82, 2.24) is 14.8 Å². The Morgan fingerprint density at radius 2 is 1.74 bits per heavy atom. The summed E-state index contributed by atoms with van der Waals surface area (Å²) in [5.74, 6) is 1.06. The molecule has 0 aliphatic carbocycles. The predicted octanol–water partition coefficient (Wildman–Crippen LogP) is 5.40. The van der Waals surface area contributed by atoms with Crippen LogP contribution in [0.15, 0.2) is 90.4 Å². The van der Waals surface area contributed by atoms with Crippen molar-refractivity contribution in [3.63, 3.8) is 0 Å². The molecule has 1 atom stereocenters. The van der Waals surface area contributed by atoms with Crippen molar-refractivity contribution in [3.8, 4) is 5.75 Å². The summed E-state index contributed by atoms with van der Waals surface area (Å²) >= 11 is 0. The van der Waals surface area contributed by atoms with Gasteiger partial charge in [-0.1, -0.05) is 66.2 Å². The first-order valence-corrected chi connectivity index (χ1v) is 11.5. The van der Waals surface area contributed by atoms with E-state index in [-0.39, 0.29) is 5.91 Å². The Bertz CT molecular complexity index is 1400. The molecule has 0 bridgehead atoms. The van der Waals surface area contributed by atoms with Gasteiger partial charge in [-0.25, -0.2) is 4.68 Å². The first-order chi connectivity index (χ1) is 17.0. The second-order valence-electron chi connectivity index (χ2n) is 8.68. The quantitative estimate of drug-likeness (QED) is 0.398. The van der Waals surface area contributed by atoms with Crippen LogP contribution in [-0.4, -0.2) is 20.7 Å². The average Bonchev–Trinajstić information content (AvgIpc) is 3.32. The maximum atomic E-state index is 13.7. The number of amides is 1. The second kappa shape index (κ2) is 9.46. The van der Waals surface area contributed by atoms with Crippen molar-refractivity contribution < 1.29 is 9.53 Å². The lowest BCUT2D eigenvalue weighted by Gasteiger charge is -2.30. The molecule has 4 aromatic rings. The van der Waals surface area contributed by atoms with Gasteiger partial charge in [-0.2, -0.15) is 10.1 Å². The van der Waals surface area contributed by atoms with E-state index in [1.165, 1.54) is 11.9 Å². The van der Waals surface area contributed by atoms with Gasteiger partial charge < -0.3 is 15.4 Å². The zero-order valence-electron chi connectivity index (χ0n) is 19.9. The Morgan fingerprint density at radius 1 is 1.00 bits per heavy atom. The predicted molar refractivity (Wildman–Crippen MR) is 136 cm³/mol. The highest BCUT2D eigenvalue weighted by Crippen LogP contribution is 2.39. The molecule has 2 N–H and O–H groups in total. The maximum Gasteiger partial charge on any atom is 0.255 e. The number of anilines is 2. The first-order valence-electron chi connectivity index (χ1n) is 11.5. The van der Waals surface area contributed by atoms with E-state index in [9.17, 15) is 4.79 Å². The van der Waals surface area contributed by atoms with Gasteiger partial charge in [0.05, 0.1) is 5.57 Å². The lowest BCUT2D eigenvalue weighted by Crippen LogP contribution is -2.32. The van der Waals surface area contributed by atoms with Crippen LogP contribution in [0, 0.1) is 13.8 Å². The molecular weight excluding hydrogens is 438 g/mol. The number of nitrogens with one attached hydrogen (secondary N) is 2. The molecule has 1 unspecified atom stereocenters. The molecule has 1 aliphatic rings. The van der Waals surface area contributed by atoms with Crippen LogP contribution < -0.4 is 15.4 Å². The standard InChI is InChI=1S/C28H27N5O2/c1-18-12-14-21(15-13-18)16-35-24-11-7-5-9-22(24)26-25(20(3)31-28-29-17-30-33(26)28)27(34)32-23-10-6-4-8-19(23)2/h4-15,17,26H,16H2,1-3H3,(H,32,34)(H,29,30,31). The smallest absolute Gasteiger partial charge is 0.255 e. The zero-order chi connectivity index (χ0) is 24.4. The van der Waals surface area contributed by atoms with E-state index in [1.54, 1.807) is 4.68 Å². The van der Waals surface area contributed by atoms with Crippen LogP contribution in [0.5, 0.6) is 5.75 Å². The molecular formula is C28H27N5O2. The number of aryl methyl sites for hydroxylation is 2. The molecule has 1 amide bonds. The van der Waals surface area contributed by atoms with E-state index in [0.29, 0.717) is 23.9 Å². The third-order valence-electron chi connectivity index (χ3n) is 6.16. The number of allylic oxidation sites excluding steroid dienone is 1. The maximum absolute atomic E-state index is 13.7. The van der Waals surface area contributed by atoms with E-state index in [1.807, 2.05) is 62.4 Å². The SMILES string of the molecule is CC1=C(C(=O)Nc2ccccc2C)C(c2ccccc2OCc2ccc(C)cc2)n2ncnc2N1. The van der Waals surface area contributed by atoms with Crippen molar-refractivity contribution in [1.29, 1.82) is 0 Å². The lowest BCUT2D eigenvalue weighted by atomic mass is 9.94. The average molecular weight is 466 g/mol. The number of benzene rings is 3. The highest BCUT2D eigenvalue weighted by molar-refractivity contribution is 6.06. The van der Waals surface area contributed by atoms with Crippen LogP contribution in [-0.2, 0) is 11.4 Å². The van der Waals surface area contributed by atoms with Crippen LogP contribution in [0.1, 0.15) is 35.2 Å². The summed E-state index contributed by atoms with van der Waals surface area (Å²) in [6, 6.07) is 23.2. The molecule has 176 valence electrons. The van der Waals surface area contributed by atoms with Crippen molar-refractivity contribution in [3.05, 3.63) is 113 Å². The molecule has 1 aliphatic heterocycles. The number of hydrogen-bond acceptors (Lipinski definition) is 5. The van der Waals surface area contributed by atoms with Gasteiger partial charge in [-0.05, 0) is 44.0 Å². The van der Waals surface area contributed by atoms with Gasteiger partial charge in [-0.15, -0.1) is 0 Å². The summed E-state index contributed by atoms with van der Waals surface area (Å²) in [6.07, 6.45) is 1.49. The molecule has 2 heterocycles. The van der Waals surface area contributed by atoms with Crippen LogP contribution in [0.25, 0.3) is 0 Å². The Hall–Kier alpha value is -4.39. The highest BCUT2D eigenvalue weighted by atomic mass is 16.5. The topological polar surface area (TPSA) is 81.1 Å². The van der Waals surface area contributed by atoms with Gasteiger partial charge in [0.2, 0.25) is 5.95 Å². The fourth-order valence-corrected chi connectivity index (χ4v) is 4.26. The van der Waals surface area contributed by atoms with Crippen molar-refractivity contribution >= 4 is 17.5 Å². The molecule has 0 fully saturated rings.